The van der Waals surface area contributed by atoms with Crippen LogP contribution in [0.25, 0.3) is 10.9 Å². The highest BCUT2D eigenvalue weighted by molar-refractivity contribution is 5.85. The van der Waals surface area contributed by atoms with Gasteiger partial charge in [0.2, 0.25) is 5.91 Å². The third-order valence-electron chi connectivity index (χ3n) is 9.47. The fraction of sp³-hybridized carbons (Fsp3) is 0.485. The van der Waals surface area contributed by atoms with Gasteiger partial charge in [-0.25, -0.2) is 14.0 Å². The van der Waals surface area contributed by atoms with Crippen LogP contribution in [0.4, 0.5) is 9.18 Å². The highest BCUT2D eigenvalue weighted by Gasteiger charge is 2.51. The number of alkyl carbamates (subject to hydrolysis) is 1. The van der Waals surface area contributed by atoms with Crippen LogP contribution in [0.3, 0.4) is 0 Å². The normalized spacial score (nSPS) is 27.0. The summed E-state index contributed by atoms with van der Waals surface area (Å²) in [5.74, 6) is -0.728. The second-order valence-electron chi connectivity index (χ2n) is 13.2. The number of amides is 2. The third-order valence-corrected chi connectivity index (χ3v) is 9.47. The zero-order valence-electron chi connectivity index (χ0n) is 24.6. The van der Waals surface area contributed by atoms with Gasteiger partial charge < -0.3 is 30.4 Å². The first-order valence-electron chi connectivity index (χ1n) is 15.1. The van der Waals surface area contributed by atoms with Crippen LogP contribution in [0.1, 0.15) is 62.6 Å². The van der Waals surface area contributed by atoms with Crippen molar-refractivity contribution in [1.29, 1.82) is 0 Å². The van der Waals surface area contributed by atoms with Crippen molar-refractivity contribution in [3.05, 3.63) is 71.2 Å². The van der Waals surface area contributed by atoms with Gasteiger partial charge in [0.05, 0.1) is 6.54 Å². The van der Waals surface area contributed by atoms with E-state index in [-0.39, 0.29) is 30.2 Å². The molecule has 2 fully saturated rings. The fourth-order valence-corrected chi connectivity index (χ4v) is 8.05. The van der Waals surface area contributed by atoms with E-state index in [1.54, 1.807) is 17.2 Å². The monoisotopic (exact) mass is 590 g/mol. The molecule has 2 saturated carbocycles. The van der Waals surface area contributed by atoms with Crippen molar-refractivity contribution in [2.45, 2.75) is 82.6 Å². The van der Waals surface area contributed by atoms with Gasteiger partial charge in [0.1, 0.15) is 17.5 Å². The predicted octanol–water partition coefficient (Wildman–Crippen LogP) is 4.89. The van der Waals surface area contributed by atoms with E-state index < -0.39 is 23.7 Å². The van der Waals surface area contributed by atoms with Gasteiger partial charge >= 0.3 is 12.1 Å². The minimum Gasteiger partial charge on any atom is -0.480 e. The lowest BCUT2D eigenvalue weighted by atomic mass is 9.59. The number of hydrogen-bond acceptors (Lipinski definition) is 5. The van der Waals surface area contributed by atoms with E-state index in [9.17, 15) is 23.9 Å². The molecule has 6 rings (SSSR count). The largest absolute Gasteiger partial charge is 0.480 e. The van der Waals surface area contributed by atoms with E-state index in [2.05, 4.69) is 22.5 Å². The maximum atomic E-state index is 13.7. The van der Waals surface area contributed by atoms with Crippen molar-refractivity contribution in [3.8, 4) is 0 Å². The minimum absolute atomic E-state index is 0.0479. The molecule has 4 N–H and O–H groups in total. The Morgan fingerprint density at radius 2 is 1.93 bits per heavy atom. The number of H-pyrrole nitrogens is 1. The highest BCUT2D eigenvalue weighted by atomic mass is 19.1. The van der Waals surface area contributed by atoms with Crippen LogP contribution in [0.2, 0.25) is 0 Å². The van der Waals surface area contributed by atoms with Crippen LogP contribution < -0.4 is 10.6 Å². The molecule has 0 spiro atoms. The Labute approximate surface area is 250 Å². The number of halogens is 1. The molecule has 9 nitrogen and oxygen atoms in total. The van der Waals surface area contributed by atoms with E-state index in [1.165, 1.54) is 12.1 Å². The molecule has 0 saturated heterocycles. The Morgan fingerprint density at radius 3 is 2.74 bits per heavy atom. The summed E-state index contributed by atoms with van der Waals surface area (Å²) in [6.45, 7) is 5.13. The number of carboxylic acid groups (broad SMARTS) is 1. The number of hydrogen-bond donors (Lipinski definition) is 4. The number of para-hydroxylation sites is 1. The summed E-state index contributed by atoms with van der Waals surface area (Å²) in [4.78, 5) is 43.4. The van der Waals surface area contributed by atoms with Crippen LogP contribution in [0, 0.1) is 17.7 Å². The summed E-state index contributed by atoms with van der Waals surface area (Å²) in [5.41, 5.74) is 2.29. The Morgan fingerprint density at radius 1 is 1.14 bits per heavy atom. The van der Waals surface area contributed by atoms with E-state index in [4.69, 9.17) is 4.74 Å². The standard InChI is InChI=1S/C33H39FN4O5/c1-20-9-21-13-32(2,43-31(42)37-28(30(40)41)11-23-15-35-27-6-4-3-5-26(23)27)19-33(12-20,14-21)36-16-29(39)38-17-22-7-8-25(34)10-24(22)18-38/h3-8,10,15,20-21,28,35-36H,9,11-14,16-19H2,1-2H3,(H,37,42)(H,40,41). The first kappa shape index (κ1) is 29.2. The zero-order valence-corrected chi connectivity index (χ0v) is 24.6. The lowest BCUT2D eigenvalue weighted by Gasteiger charge is -2.54. The lowest BCUT2D eigenvalue weighted by molar-refractivity contribution is -0.139. The number of rotatable bonds is 8. The van der Waals surface area contributed by atoms with E-state index >= 15 is 0 Å². The minimum atomic E-state index is -1.15. The maximum absolute atomic E-state index is 13.7. The molecule has 1 aliphatic heterocycles. The van der Waals surface area contributed by atoms with Crippen molar-refractivity contribution in [3.63, 3.8) is 0 Å². The second-order valence-corrected chi connectivity index (χ2v) is 13.2. The topological polar surface area (TPSA) is 124 Å². The molecule has 5 atom stereocenters. The van der Waals surface area contributed by atoms with Crippen molar-refractivity contribution >= 4 is 28.9 Å². The van der Waals surface area contributed by atoms with Gasteiger partial charge in [-0.05, 0) is 79.3 Å². The molecular weight excluding hydrogens is 551 g/mol. The number of fused-ring (bicyclic) bond motifs is 4. The maximum Gasteiger partial charge on any atom is 0.408 e. The average molecular weight is 591 g/mol. The first-order chi connectivity index (χ1) is 20.5. The number of nitrogens with one attached hydrogen (secondary N) is 3. The molecule has 228 valence electrons. The molecule has 2 heterocycles. The number of aromatic amines is 1. The molecule has 2 aromatic carbocycles. The molecule has 3 aliphatic rings. The number of nitrogens with zero attached hydrogens (tertiary/aromatic N) is 1. The molecular formula is C33H39FN4O5. The van der Waals surface area contributed by atoms with Gasteiger partial charge in [-0.2, -0.15) is 0 Å². The highest BCUT2D eigenvalue weighted by Crippen LogP contribution is 2.50. The van der Waals surface area contributed by atoms with Crippen LogP contribution >= 0.6 is 0 Å². The quantitative estimate of drug-likeness (QED) is 0.296. The van der Waals surface area contributed by atoms with Gasteiger partial charge in [0, 0.05) is 48.6 Å². The SMILES string of the molecule is CC1CC2CC(NCC(=O)N3Cc4ccc(F)cc4C3)(C1)CC(C)(OC(=O)NC(Cc1c[nH]c3ccccc13)C(=O)O)C2. The summed E-state index contributed by atoms with van der Waals surface area (Å²) >= 11 is 0. The smallest absolute Gasteiger partial charge is 0.408 e. The summed E-state index contributed by atoms with van der Waals surface area (Å²) in [6.07, 6.45) is 5.07. The van der Waals surface area contributed by atoms with Gasteiger partial charge in [-0.15, -0.1) is 0 Å². The number of aliphatic carboxylic acids is 1. The molecule has 5 unspecified atom stereocenters. The van der Waals surface area contributed by atoms with Gasteiger partial charge in [-0.3, -0.25) is 4.79 Å². The Balaban J connectivity index is 1.10. The number of ether oxygens (including phenoxy) is 1. The molecule has 3 aromatic rings. The molecule has 2 aliphatic carbocycles. The van der Waals surface area contributed by atoms with Crippen LogP contribution in [-0.4, -0.2) is 56.7 Å². The molecule has 0 radical (unpaired) electrons. The summed E-state index contributed by atoms with van der Waals surface area (Å²) in [7, 11) is 0. The van der Waals surface area contributed by atoms with Crippen molar-refractivity contribution in [2.24, 2.45) is 11.8 Å². The van der Waals surface area contributed by atoms with Crippen LogP contribution in [0.15, 0.2) is 48.7 Å². The number of benzene rings is 2. The Kier molecular flexibility index (Phi) is 7.66. The van der Waals surface area contributed by atoms with E-state index in [1.807, 2.05) is 31.2 Å². The Bertz CT molecular complexity index is 1550. The van der Waals surface area contributed by atoms with Crippen LogP contribution in [-0.2, 0) is 33.8 Å². The summed E-state index contributed by atoms with van der Waals surface area (Å²) in [6, 6.07) is 11.1. The first-order valence-corrected chi connectivity index (χ1v) is 15.1. The molecule has 43 heavy (non-hydrogen) atoms. The molecule has 1 aromatic heterocycles. The number of carboxylic acids is 1. The number of aromatic nitrogens is 1. The predicted molar refractivity (Wildman–Crippen MR) is 159 cm³/mol. The number of carbonyl (C=O) groups excluding carboxylic acids is 2. The third kappa shape index (κ3) is 6.25. The van der Waals surface area contributed by atoms with Gasteiger partial charge in [-0.1, -0.05) is 31.2 Å². The summed E-state index contributed by atoms with van der Waals surface area (Å²) < 4.78 is 19.7. The van der Waals surface area contributed by atoms with Crippen molar-refractivity contribution < 1.29 is 28.6 Å². The zero-order chi connectivity index (χ0) is 30.4. The van der Waals surface area contributed by atoms with Gasteiger partial charge in [0.15, 0.2) is 0 Å². The molecule has 10 heteroatoms. The van der Waals surface area contributed by atoms with E-state index in [0.29, 0.717) is 37.8 Å². The fourth-order valence-electron chi connectivity index (χ4n) is 8.05. The lowest BCUT2D eigenvalue weighted by Crippen LogP contribution is -2.61. The average Bonchev–Trinajstić information content (AvgIpc) is 3.54. The molecule has 2 amide bonds. The summed E-state index contributed by atoms with van der Waals surface area (Å²) in [5, 5.41) is 17.0. The van der Waals surface area contributed by atoms with E-state index in [0.717, 1.165) is 46.9 Å². The number of carbonyl (C=O) groups is 3. The van der Waals surface area contributed by atoms with Crippen molar-refractivity contribution in [2.75, 3.05) is 6.54 Å². The van der Waals surface area contributed by atoms with Gasteiger partial charge in [0.25, 0.3) is 0 Å². The molecule has 2 bridgehead atoms. The second kappa shape index (κ2) is 11.3. The van der Waals surface area contributed by atoms with Crippen molar-refractivity contribution in [1.82, 2.24) is 20.5 Å². The Hall–Kier alpha value is -3.92. The van der Waals surface area contributed by atoms with Crippen LogP contribution in [0.5, 0.6) is 0 Å².